The molecule has 1 fully saturated rings. The molecule has 5 heteroatoms. The summed E-state index contributed by atoms with van der Waals surface area (Å²) in [5.41, 5.74) is 0.290. The summed E-state index contributed by atoms with van der Waals surface area (Å²) in [4.78, 5) is 15.1. The van der Waals surface area contributed by atoms with E-state index < -0.39 is 5.95 Å². The Kier molecular flexibility index (Phi) is 3.46. The minimum atomic E-state index is -0.646. The molecule has 0 spiro atoms. The molecule has 2 rings (SSSR count). The monoisotopic (exact) mass is 224 g/mol. The van der Waals surface area contributed by atoms with E-state index >= 15 is 0 Å². The van der Waals surface area contributed by atoms with Gasteiger partial charge in [-0.25, -0.2) is 4.98 Å². The molecule has 0 aromatic carbocycles. The highest BCUT2D eigenvalue weighted by molar-refractivity contribution is 5.94. The van der Waals surface area contributed by atoms with Crippen LogP contribution in [0.2, 0.25) is 0 Å². The number of carbonyl (C=O) groups is 1. The minimum Gasteiger partial charge on any atom is -0.379 e. The lowest BCUT2D eigenvalue weighted by molar-refractivity contribution is 0.0624. The van der Waals surface area contributed by atoms with Crippen molar-refractivity contribution in [3.63, 3.8) is 0 Å². The number of aromatic nitrogens is 1. The van der Waals surface area contributed by atoms with Gasteiger partial charge in [0.25, 0.3) is 5.91 Å². The van der Waals surface area contributed by atoms with E-state index in [0.29, 0.717) is 6.61 Å². The molecule has 1 N–H and O–H groups in total. The smallest absolute Gasteiger partial charge is 0.251 e. The first-order valence-corrected chi connectivity index (χ1v) is 5.26. The molecule has 1 aromatic rings. The Morgan fingerprint density at radius 2 is 2.50 bits per heavy atom. The van der Waals surface area contributed by atoms with Crippen molar-refractivity contribution >= 4 is 5.91 Å². The van der Waals surface area contributed by atoms with Gasteiger partial charge in [0, 0.05) is 24.4 Å². The first kappa shape index (κ1) is 11.0. The van der Waals surface area contributed by atoms with Crippen LogP contribution in [0.25, 0.3) is 0 Å². The number of rotatable bonds is 2. The first-order chi connectivity index (χ1) is 7.75. The number of hydrogen-bond acceptors (Lipinski definition) is 3. The van der Waals surface area contributed by atoms with Crippen molar-refractivity contribution in [2.75, 3.05) is 13.2 Å². The Balaban J connectivity index is 1.97. The Bertz CT molecular complexity index is 378. The van der Waals surface area contributed by atoms with E-state index in [1.807, 2.05) is 0 Å². The van der Waals surface area contributed by atoms with E-state index in [1.165, 1.54) is 12.3 Å². The quantitative estimate of drug-likeness (QED) is 0.766. The fourth-order valence-corrected chi connectivity index (χ4v) is 1.67. The third-order valence-corrected chi connectivity index (χ3v) is 2.48. The first-order valence-electron chi connectivity index (χ1n) is 5.26. The van der Waals surface area contributed by atoms with Crippen molar-refractivity contribution in [3.8, 4) is 0 Å². The number of carbonyl (C=O) groups excluding carboxylic acids is 1. The molecule has 1 amide bonds. The number of nitrogens with one attached hydrogen (secondary N) is 1. The number of hydrogen-bond donors (Lipinski definition) is 1. The molecule has 4 nitrogen and oxygen atoms in total. The summed E-state index contributed by atoms with van der Waals surface area (Å²) >= 11 is 0. The molecular weight excluding hydrogens is 211 g/mol. The number of halogens is 1. The van der Waals surface area contributed by atoms with Crippen LogP contribution in [0.1, 0.15) is 23.2 Å². The van der Waals surface area contributed by atoms with Gasteiger partial charge < -0.3 is 10.1 Å². The topological polar surface area (TPSA) is 51.2 Å². The van der Waals surface area contributed by atoms with Gasteiger partial charge in [0.2, 0.25) is 5.95 Å². The Labute approximate surface area is 92.8 Å². The highest BCUT2D eigenvalue weighted by Crippen LogP contribution is 2.07. The second-order valence-electron chi connectivity index (χ2n) is 3.75. The van der Waals surface area contributed by atoms with E-state index in [9.17, 15) is 9.18 Å². The van der Waals surface area contributed by atoms with Crippen LogP contribution in [-0.2, 0) is 4.74 Å². The van der Waals surface area contributed by atoms with Gasteiger partial charge in [-0.2, -0.15) is 4.39 Å². The van der Waals surface area contributed by atoms with Gasteiger partial charge in [-0.05, 0) is 18.9 Å². The van der Waals surface area contributed by atoms with E-state index in [1.54, 1.807) is 0 Å². The van der Waals surface area contributed by atoms with E-state index in [-0.39, 0.29) is 17.5 Å². The predicted molar refractivity (Wildman–Crippen MR) is 55.5 cm³/mol. The zero-order chi connectivity index (χ0) is 11.4. The normalized spacial score (nSPS) is 20.4. The predicted octanol–water partition coefficient (Wildman–Crippen LogP) is 1.13. The van der Waals surface area contributed by atoms with Crippen molar-refractivity contribution in [3.05, 3.63) is 29.8 Å². The summed E-state index contributed by atoms with van der Waals surface area (Å²) in [5, 5.41) is 2.80. The number of pyridine rings is 1. The molecule has 0 radical (unpaired) electrons. The molecule has 1 saturated heterocycles. The average Bonchev–Trinajstić information content (AvgIpc) is 2.30. The van der Waals surface area contributed by atoms with E-state index in [0.717, 1.165) is 25.5 Å². The summed E-state index contributed by atoms with van der Waals surface area (Å²) in [6.07, 6.45) is 3.12. The van der Waals surface area contributed by atoms with Crippen LogP contribution in [0.3, 0.4) is 0 Å². The fraction of sp³-hybridized carbons (Fsp3) is 0.455. The lowest BCUT2D eigenvalue weighted by atomic mass is 10.1. The SMILES string of the molecule is O=C(NC1CCCOC1)c1ccnc(F)c1. The fourth-order valence-electron chi connectivity index (χ4n) is 1.67. The van der Waals surface area contributed by atoms with Gasteiger partial charge in [-0.1, -0.05) is 0 Å². The second kappa shape index (κ2) is 5.03. The third kappa shape index (κ3) is 2.76. The van der Waals surface area contributed by atoms with Crippen molar-refractivity contribution in [2.45, 2.75) is 18.9 Å². The van der Waals surface area contributed by atoms with Crippen LogP contribution in [0, 0.1) is 5.95 Å². The molecule has 1 aliphatic heterocycles. The minimum absolute atomic E-state index is 0.0254. The van der Waals surface area contributed by atoms with Gasteiger partial charge in [0.1, 0.15) is 0 Å². The van der Waals surface area contributed by atoms with Crippen LogP contribution in [0.5, 0.6) is 0 Å². The molecule has 1 aromatic heterocycles. The van der Waals surface area contributed by atoms with E-state index in [4.69, 9.17) is 4.74 Å². The summed E-state index contributed by atoms with van der Waals surface area (Å²) in [6.45, 7) is 1.27. The summed E-state index contributed by atoms with van der Waals surface area (Å²) in [7, 11) is 0. The van der Waals surface area contributed by atoms with Crippen molar-refractivity contribution in [2.24, 2.45) is 0 Å². The molecule has 0 saturated carbocycles. The molecule has 1 aliphatic rings. The lowest BCUT2D eigenvalue weighted by Gasteiger charge is -2.23. The zero-order valence-corrected chi connectivity index (χ0v) is 8.78. The number of amides is 1. The van der Waals surface area contributed by atoms with Gasteiger partial charge >= 0.3 is 0 Å². The maximum absolute atomic E-state index is 12.8. The summed E-state index contributed by atoms with van der Waals surface area (Å²) in [5.74, 6) is -0.927. The highest BCUT2D eigenvalue weighted by Gasteiger charge is 2.17. The van der Waals surface area contributed by atoms with Crippen molar-refractivity contribution in [1.82, 2.24) is 10.3 Å². The Morgan fingerprint density at radius 3 is 3.19 bits per heavy atom. The summed E-state index contributed by atoms with van der Waals surface area (Å²) < 4.78 is 18.0. The van der Waals surface area contributed by atoms with Crippen LogP contribution < -0.4 is 5.32 Å². The van der Waals surface area contributed by atoms with Crippen LogP contribution in [0.4, 0.5) is 4.39 Å². The van der Waals surface area contributed by atoms with Crippen molar-refractivity contribution < 1.29 is 13.9 Å². The molecule has 1 unspecified atom stereocenters. The van der Waals surface area contributed by atoms with Gasteiger partial charge in [-0.15, -0.1) is 0 Å². The van der Waals surface area contributed by atoms with Gasteiger partial charge in [0.15, 0.2) is 0 Å². The lowest BCUT2D eigenvalue weighted by Crippen LogP contribution is -2.40. The van der Waals surface area contributed by atoms with Crippen LogP contribution in [-0.4, -0.2) is 30.1 Å². The summed E-state index contributed by atoms with van der Waals surface area (Å²) in [6, 6.07) is 2.64. The largest absolute Gasteiger partial charge is 0.379 e. The Morgan fingerprint density at radius 1 is 1.62 bits per heavy atom. The molecule has 0 bridgehead atoms. The second-order valence-corrected chi connectivity index (χ2v) is 3.75. The molecule has 86 valence electrons. The van der Waals surface area contributed by atoms with Gasteiger partial charge in [0.05, 0.1) is 12.6 Å². The zero-order valence-electron chi connectivity index (χ0n) is 8.78. The molecule has 2 heterocycles. The Hall–Kier alpha value is -1.49. The third-order valence-electron chi connectivity index (χ3n) is 2.48. The van der Waals surface area contributed by atoms with Crippen LogP contribution in [0.15, 0.2) is 18.3 Å². The maximum atomic E-state index is 12.8. The molecule has 0 aliphatic carbocycles. The standard InChI is InChI=1S/C11H13FN2O2/c12-10-6-8(3-4-13-10)11(15)14-9-2-1-5-16-7-9/h3-4,6,9H,1-2,5,7H2,(H,14,15). The molecule has 1 atom stereocenters. The van der Waals surface area contributed by atoms with Crippen molar-refractivity contribution in [1.29, 1.82) is 0 Å². The number of nitrogens with zero attached hydrogens (tertiary/aromatic N) is 1. The maximum Gasteiger partial charge on any atom is 0.251 e. The van der Waals surface area contributed by atoms with Crippen LogP contribution >= 0.6 is 0 Å². The van der Waals surface area contributed by atoms with E-state index in [2.05, 4.69) is 10.3 Å². The molecular formula is C11H13FN2O2. The average molecular weight is 224 g/mol. The molecule has 16 heavy (non-hydrogen) atoms. The number of ether oxygens (including phenoxy) is 1. The van der Waals surface area contributed by atoms with Gasteiger partial charge in [-0.3, -0.25) is 4.79 Å². The highest BCUT2D eigenvalue weighted by atomic mass is 19.1.